The number of nitrogens with zero attached hydrogens (tertiary/aromatic N) is 4. The van der Waals surface area contributed by atoms with Crippen molar-refractivity contribution in [2.75, 3.05) is 11.9 Å². The van der Waals surface area contributed by atoms with Crippen molar-refractivity contribution in [3.63, 3.8) is 0 Å². The third-order valence-electron chi connectivity index (χ3n) is 6.68. The van der Waals surface area contributed by atoms with Crippen LogP contribution in [-0.4, -0.2) is 38.0 Å². The predicted octanol–water partition coefficient (Wildman–Crippen LogP) is 4.87. The van der Waals surface area contributed by atoms with Crippen molar-refractivity contribution in [3.05, 3.63) is 129 Å². The molecule has 206 valence electrons. The number of nitrogens with one attached hydrogen (secondary N) is 1. The number of amides is 1. The Labute approximate surface area is 237 Å². The Kier molecular flexibility index (Phi) is 7.87. The van der Waals surface area contributed by atoms with Gasteiger partial charge in [-0.3, -0.25) is 9.59 Å². The van der Waals surface area contributed by atoms with Gasteiger partial charge < -0.3 is 10.1 Å². The summed E-state index contributed by atoms with van der Waals surface area (Å²) in [5, 5.41) is 11.7. The second kappa shape index (κ2) is 11.8. The highest BCUT2D eigenvalue weighted by Crippen LogP contribution is 2.29. The van der Waals surface area contributed by atoms with Crippen LogP contribution < -0.4 is 10.9 Å². The second-order valence-electron chi connectivity index (χ2n) is 9.74. The van der Waals surface area contributed by atoms with Crippen LogP contribution in [0.15, 0.2) is 95.8 Å². The molecule has 9 nitrogen and oxygen atoms in total. The Bertz CT molecular complexity index is 1780. The van der Waals surface area contributed by atoms with Gasteiger partial charge in [0.05, 0.1) is 17.9 Å². The molecule has 0 fully saturated rings. The summed E-state index contributed by atoms with van der Waals surface area (Å²) in [7, 11) is 0. The molecule has 0 spiro atoms. The number of hydrogen-bond acceptors (Lipinski definition) is 6. The summed E-state index contributed by atoms with van der Waals surface area (Å²) >= 11 is 0. The Hall–Kier alpha value is -5.31. The SMILES string of the molecule is Cc1cc(C)c(-c2cc(NC(=O)COC(=O)c3ccc(=O)n(Cc4ccccc4)n3)n(-c3ccccc3)n2)cc1C. The van der Waals surface area contributed by atoms with Gasteiger partial charge in [0.25, 0.3) is 11.5 Å². The minimum Gasteiger partial charge on any atom is -0.451 e. The number of ether oxygens (including phenoxy) is 1. The van der Waals surface area contributed by atoms with E-state index in [0.29, 0.717) is 11.5 Å². The highest BCUT2D eigenvalue weighted by molar-refractivity contribution is 5.95. The van der Waals surface area contributed by atoms with Crippen molar-refractivity contribution < 1.29 is 14.3 Å². The first kappa shape index (κ1) is 27.3. The molecule has 0 bridgehead atoms. The van der Waals surface area contributed by atoms with Gasteiger partial charge in [-0.1, -0.05) is 54.6 Å². The molecule has 3 aromatic carbocycles. The molecule has 2 heterocycles. The number of esters is 1. The number of para-hydroxylation sites is 1. The van der Waals surface area contributed by atoms with E-state index in [1.807, 2.05) is 74.5 Å². The molecule has 5 aromatic rings. The first-order valence-corrected chi connectivity index (χ1v) is 13.1. The summed E-state index contributed by atoms with van der Waals surface area (Å²) < 4.78 is 8.06. The van der Waals surface area contributed by atoms with Crippen molar-refractivity contribution in [2.24, 2.45) is 0 Å². The van der Waals surface area contributed by atoms with Crippen molar-refractivity contribution >= 4 is 17.7 Å². The predicted molar refractivity (Wildman–Crippen MR) is 156 cm³/mol. The average Bonchev–Trinajstić information content (AvgIpc) is 3.39. The van der Waals surface area contributed by atoms with Gasteiger partial charge in [-0.2, -0.15) is 10.2 Å². The van der Waals surface area contributed by atoms with Crippen LogP contribution in [0.1, 0.15) is 32.7 Å². The highest BCUT2D eigenvalue weighted by atomic mass is 16.5. The number of benzene rings is 3. The molecule has 5 rings (SSSR count). The van der Waals surface area contributed by atoms with E-state index in [4.69, 9.17) is 9.84 Å². The molecule has 1 N–H and O–H groups in total. The van der Waals surface area contributed by atoms with Crippen LogP contribution in [0.25, 0.3) is 16.9 Å². The highest BCUT2D eigenvalue weighted by Gasteiger charge is 2.18. The van der Waals surface area contributed by atoms with Gasteiger partial charge >= 0.3 is 5.97 Å². The lowest BCUT2D eigenvalue weighted by Gasteiger charge is -2.10. The normalized spacial score (nSPS) is 10.8. The van der Waals surface area contributed by atoms with E-state index in [9.17, 15) is 14.4 Å². The Morgan fingerprint density at radius 1 is 0.805 bits per heavy atom. The Balaban J connectivity index is 1.32. The van der Waals surface area contributed by atoms with Crippen molar-refractivity contribution in [2.45, 2.75) is 27.3 Å². The van der Waals surface area contributed by atoms with Gasteiger partial charge in [-0.05, 0) is 67.3 Å². The van der Waals surface area contributed by atoms with E-state index in [0.717, 1.165) is 27.9 Å². The van der Waals surface area contributed by atoms with Crippen LogP contribution >= 0.6 is 0 Å². The summed E-state index contributed by atoms with van der Waals surface area (Å²) in [6.45, 7) is 5.79. The van der Waals surface area contributed by atoms with Gasteiger partial charge in [0.15, 0.2) is 12.3 Å². The molecule has 0 atom stereocenters. The molecular weight excluding hydrogens is 518 g/mol. The van der Waals surface area contributed by atoms with Gasteiger partial charge in [0, 0.05) is 17.7 Å². The standard InChI is InChI=1S/C32H29N5O4/c1-21-16-23(3)26(17-22(21)2)28-18-29(37(35-28)25-12-8-5-9-13-25)33-30(38)20-41-32(40)27-14-15-31(39)36(34-27)19-24-10-6-4-7-11-24/h4-18H,19-20H2,1-3H3,(H,33,38). The van der Waals surface area contributed by atoms with Crippen LogP contribution in [0, 0.1) is 20.8 Å². The number of anilines is 1. The Morgan fingerprint density at radius 3 is 2.22 bits per heavy atom. The molecular formula is C32H29N5O4. The number of aromatic nitrogens is 4. The van der Waals surface area contributed by atoms with Crippen molar-refractivity contribution in [3.8, 4) is 16.9 Å². The van der Waals surface area contributed by atoms with Crippen LogP contribution in [-0.2, 0) is 16.1 Å². The lowest BCUT2D eigenvalue weighted by Crippen LogP contribution is -2.27. The molecule has 0 radical (unpaired) electrons. The average molecular weight is 548 g/mol. The van der Waals surface area contributed by atoms with Crippen LogP contribution in [0.4, 0.5) is 5.82 Å². The third-order valence-corrected chi connectivity index (χ3v) is 6.68. The molecule has 9 heteroatoms. The number of carbonyl (C=O) groups is 2. The number of carbonyl (C=O) groups excluding carboxylic acids is 2. The maximum Gasteiger partial charge on any atom is 0.359 e. The smallest absolute Gasteiger partial charge is 0.359 e. The van der Waals surface area contributed by atoms with E-state index in [-0.39, 0.29) is 17.8 Å². The third kappa shape index (κ3) is 6.30. The second-order valence-corrected chi connectivity index (χ2v) is 9.74. The van der Waals surface area contributed by atoms with Gasteiger partial charge in [0.2, 0.25) is 0 Å². The van der Waals surface area contributed by atoms with E-state index in [2.05, 4.69) is 29.5 Å². The fraction of sp³-hybridized carbons (Fsp3) is 0.156. The zero-order valence-electron chi connectivity index (χ0n) is 23.0. The lowest BCUT2D eigenvalue weighted by molar-refractivity contribution is -0.119. The van der Waals surface area contributed by atoms with E-state index in [1.54, 1.807) is 10.7 Å². The topological polar surface area (TPSA) is 108 Å². The quantitative estimate of drug-likeness (QED) is 0.278. The maximum atomic E-state index is 12.9. The lowest BCUT2D eigenvalue weighted by atomic mass is 9.99. The zero-order valence-corrected chi connectivity index (χ0v) is 23.0. The summed E-state index contributed by atoms with van der Waals surface area (Å²) in [5.74, 6) is -0.930. The fourth-order valence-electron chi connectivity index (χ4n) is 4.42. The number of rotatable bonds is 8. The molecule has 0 saturated heterocycles. The number of aryl methyl sites for hydroxylation is 3. The number of hydrogen-bond donors (Lipinski definition) is 1. The molecule has 0 aliphatic rings. The van der Waals surface area contributed by atoms with Crippen LogP contribution in [0.5, 0.6) is 0 Å². The molecule has 2 aromatic heterocycles. The monoisotopic (exact) mass is 547 g/mol. The molecule has 1 amide bonds. The molecule has 0 unspecified atom stereocenters. The summed E-state index contributed by atoms with van der Waals surface area (Å²) in [5.41, 5.74) is 6.25. The summed E-state index contributed by atoms with van der Waals surface area (Å²) in [6.07, 6.45) is 0. The first-order chi connectivity index (χ1) is 19.8. The maximum absolute atomic E-state index is 12.9. The largest absolute Gasteiger partial charge is 0.451 e. The fourth-order valence-corrected chi connectivity index (χ4v) is 4.42. The van der Waals surface area contributed by atoms with Gasteiger partial charge in [-0.15, -0.1) is 0 Å². The van der Waals surface area contributed by atoms with Crippen molar-refractivity contribution in [1.29, 1.82) is 0 Å². The van der Waals surface area contributed by atoms with E-state index >= 15 is 0 Å². The minimum absolute atomic E-state index is 0.0739. The molecule has 0 aliphatic carbocycles. The van der Waals surface area contributed by atoms with E-state index < -0.39 is 18.5 Å². The minimum atomic E-state index is -0.815. The summed E-state index contributed by atoms with van der Waals surface area (Å²) in [4.78, 5) is 37.8. The first-order valence-electron chi connectivity index (χ1n) is 13.1. The molecule has 0 aliphatic heterocycles. The Morgan fingerprint density at radius 2 is 1.49 bits per heavy atom. The molecule has 41 heavy (non-hydrogen) atoms. The van der Waals surface area contributed by atoms with Gasteiger partial charge in [0.1, 0.15) is 5.82 Å². The molecule has 0 saturated carbocycles. The summed E-state index contributed by atoms with van der Waals surface area (Å²) in [6, 6.07) is 27.3. The van der Waals surface area contributed by atoms with Crippen molar-refractivity contribution in [1.82, 2.24) is 19.6 Å². The van der Waals surface area contributed by atoms with Crippen LogP contribution in [0.2, 0.25) is 0 Å². The van der Waals surface area contributed by atoms with Gasteiger partial charge in [-0.25, -0.2) is 14.2 Å². The van der Waals surface area contributed by atoms with E-state index in [1.165, 1.54) is 22.4 Å². The van der Waals surface area contributed by atoms with Crippen LogP contribution in [0.3, 0.4) is 0 Å². The zero-order chi connectivity index (χ0) is 28.9.